The second kappa shape index (κ2) is 5.92. The van der Waals surface area contributed by atoms with Crippen LogP contribution in [0.4, 0.5) is 4.39 Å². The third-order valence-corrected chi connectivity index (χ3v) is 3.69. The van der Waals surface area contributed by atoms with Gasteiger partial charge in [-0.05, 0) is 24.3 Å². The molecular weight excluding hydrogens is 295 g/mol. The third kappa shape index (κ3) is 2.96. The normalized spacial score (nSPS) is 16.4. The number of hydrogen-bond donors (Lipinski definition) is 1. The number of hydrogen-bond acceptors (Lipinski definition) is 3. The maximum absolute atomic E-state index is 13.2. The van der Waals surface area contributed by atoms with Gasteiger partial charge in [0, 0.05) is 17.5 Å². The highest BCUT2D eigenvalue weighted by Gasteiger charge is 2.24. The average Bonchev–Trinajstić information content (AvgIpc) is 2.87. The molecule has 0 aliphatic carbocycles. The highest BCUT2D eigenvalue weighted by Crippen LogP contribution is 2.32. The van der Waals surface area contributed by atoms with E-state index >= 15 is 0 Å². The van der Waals surface area contributed by atoms with Crippen molar-refractivity contribution in [1.82, 2.24) is 0 Å². The van der Waals surface area contributed by atoms with E-state index in [9.17, 15) is 9.50 Å². The van der Waals surface area contributed by atoms with E-state index in [4.69, 9.17) is 21.1 Å². The summed E-state index contributed by atoms with van der Waals surface area (Å²) in [5.41, 5.74) is 1.47. The van der Waals surface area contributed by atoms with E-state index in [1.54, 1.807) is 24.3 Å². The fourth-order valence-electron chi connectivity index (χ4n) is 2.40. The molecule has 1 aliphatic rings. The maximum Gasteiger partial charge on any atom is 0.143 e. The molecule has 1 unspecified atom stereocenters. The largest absolute Gasteiger partial charge is 0.488 e. The monoisotopic (exact) mass is 308 g/mol. The van der Waals surface area contributed by atoms with Gasteiger partial charge in [-0.3, -0.25) is 0 Å². The van der Waals surface area contributed by atoms with Gasteiger partial charge in [-0.2, -0.15) is 0 Å². The Kier molecular flexibility index (Phi) is 3.99. The molecule has 110 valence electrons. The zero-order valence-corrected chi connectivity index (χ0v) is 11.9. The van der Waals surface area contributed by atoms with Crippen molar-refractivity contribution < 1.29 is 19.0 Å². The molecule has 0 amide bonds. The molecule has 5 heteroatoms. The topological polar surface area (TPSA) is 38.7 Å². The minimum atomic E-state index is -0.271. The lowest BCUT2D eigenvalue weighted by atomic mass is 10.1. The quantitative estimate of drug-likeness (QED) is 0.941. The number of benzene rings is 2. The zero-order chi connectivity index (χ0) is 14.8. The molecule has 3 rings (SSSR count). The van der Waals surface area contributed by atoms with E-state index in [0.717, 1.165) is 5.56 Å². The van der Waals surface area contributed by atoms with Crippen LogP contribution in [0.3, 0.4) is 0 Å². The Morgan fingerprint density at radius 2 is 2.19 bits per heavy atom. The average molecular weight is 309 g/mol. The molecule has 2 aromatic carbocycles. The molecule has 1 aliphatic heterocycles. The summed E-state index contributed by atoms with van der Waals surface area (Å²) in [6.45, 7) is 0.139. The molecule has 1 N–H and O–H groups in total. The zero-order valence-electron chi connectivity index (χ0n) is 11.2. The van der Waals surface area contributed by atoms with E-state index < -0.39 is 0 Å². The lowest BCUT2D eigenvalue weighted by molar-refractivity contribution is 0.146. The molecule has 1 heterocycles. The van der Waals surface area contributed by atoms with Gasteiger partial charge in [0.15, 0.2) is 0 Å². The van der Waals surface area contributed by atoms with E-state index in [0.29, 0.717) is 28.5 Å². The number of aliphatic hydroxyl groups excluding tert-OH is 1. The third-order valence-electron chi connectivity index (χ3n) is 3.40. The van der Waals surface area contributed by atoms with Crippen molar-refractivity contribution in [2.45, 2.75) is 19.1 Å². The Hall–Kier alpha value is -1.78. The van der Waals surface area contributed by atoms with Gasteiger partial charge in [0.1, 0.15) is 30.0 Å². The predicted octanol–water partition coefficient (Wildman–Crippen LogP) is 3.35. The number of rotatable bonds is 4. The van der Waals surface area contributed by atoms with Crippen molar-refractivity contribution in [2.24, 2.45) is 0 Å². The van der Waals surface area contributed by atoms with E-state index in [1.165, 1.54) is 12.1 Å². The van der Waals surface area contributed by atoms with Crippen molar-refractivity contribution in [3.63, 3.8) is 0 Å². The van der Waals surface area contributed by atoms with Crippen molar-refractivity contribution in [2.75, 3.05) is 6.61 Å². The van der Waals surface area contributed by atoms with Crippen LogP contribution in [0, 0.1) is 5.82 Å². The van der Waals surface area contributed by atoms with Crippen LogP contribution < -0.4 is 9.47 Å². The highest BCUT2D eigenvalue weighted by atomic mass is 35.5. The first-order valence-electron chi connectivity index (χ1n) is 6.63. The predicted molar refractivity (Wildman–Crippen MR) is 77.4 cm³/mol. The van der Waals surface area contributed by atoms with Crippen LogP contribution in [0.5, 0.6) is 11.5 Å². The molecule has 0 fully saturated rings. The van der Waals surface area contributed by atoms with Crippen LogP contribution in [0.15, 0.2) is 36.4 Å². The summed E-state index contributed by atoms with van der Waals surface area (Å²) in [6.07, 6.45) is 0.399. The Balaban J connectivity index is 1.68. The van der Waals surface area contributed by atoms with Gasteiger partial charge in [0.2, 0.25) is 0 Å². The summed E-state index contributed by atoms with van der Waals surface area (Å²) in [5, 5.41) is 9.74. The van der Waals surface area contributed by atoms with Crippen molar-refractivity contribution >= 4 is 11.6 Å². The molecule has 2 aromatic rings. The molecule has 0 bridgehead atoms. The minimum Gasteiger partial charge on any atom is -0.488 e. The summed E-state index contributed by atoms with van der Waals surface area (Å²) in [7, 11) is 0. The van der Waals surface area contributed by atoms with Crippen molar-refractivity contribution in [3.05, 3.63) is 58.4 Å². The molecular formula is C16H14ClFO3. The molecule has 0 spiro atoms. The number of para-hydroxylation sites is 1. The van der Waals surface area contributed by atoms with Crippen LogP contribution in [0.2, 0.25) is 5.02 Å². The number of fused-ring (bicyclic) bond motifs is 1. The lowest BCUT2D eigenvalue weighted by Gasteiger charge is -2.15. The van der Waals surface area contributed by atoms with Crippen LogP contribution >= 0.6 is 11.6 Å². The molecule has 21 heavy (non-hydrogen) atoms. The Labute approximate surface area is 126 Å². The summed E-state index contributed by atoms with van der Waals surface area (Å²) < 4.78 is 24.6. The second-order valence-electron chi connectivity index (χ2n) is 4.89. The smallest absolute Gasteiger partial charge is 0.143 e. The minimum absolute atomic E-state index is 0.146. The van der Waals surface area contributed by atoms with Gasteiger partial charge in [0.25, 0.3) is 0 Å². The SMILES string of the molecule is OCc1cccc(Cl)c1OCC1Cc2cc(F)ccc2O1. The van der Waals surface area contributed by atoms with Crippen LogP contribution in [-0.4, -0.2) is 17.8 Å². The van der Waals surface area contributed by atoms with E-state index in [2.05, 4.69) is 0 Å². The number of halogens is 2. The maximum atomic E-state index is 13.2. The Morgan fingerprint density at radius 1 is 1.33 bits per heavy atom. The van der Waals surface area contributed by atoms with Gasteiger partial charge in [-0.15, -0.1) is 0 Å². The molecule has 0 aromatic heterocycles. The Morgan fingerprint density at radius 3 is 3.00 bits per heavy atom. The first-order chi connectivity index (χ1) is 10.2. The molecule has 1 atom stereocenters. The van der Waals surface area contributed by atoms with Gasteiger partial charge in [0.05, 0.1) is 11.6 Å². The molecule has 0 saturated heterocycles. The fourth-order valence-corrected chi connectivity index (χ4v) is 2.65. The highest BCUT2D eigenvalue weighted by molar-refractivity contribution is 6.32. The molecule has 0 saturated carbocycles. The van der Waals surface area contributed by atoms with Crippen molar-refractivity contribution in [1.29, 1.82) is 0 Å². The lowest BCUT2D eigenvalue weighted by Crippen LogP contribution is -2.22. The van der Waals surface area contributed by atoms with Gasteiger partial charge in [-0.1, -0.05) is 23.7 Å². The molecule has 3 nitrogen and oxygen atoms in total. The van der Waals surface area contributed by atoms with Crippen molar-refractivity contribution in [3.8, 4) is 11.5 Å². The Bertz CT molecular complexity index is 660. The fraction of sp³-hybridized carbons (Fsp3) is 0.250. The first-order valence-corrected chi connectivity index (χ1v) is 7.01. The van der Waals surface area contributed by atoms with E-state index in [1.807, 2.05) is 0 Å². The van der Waals surface area contributed by atoms with Crippen LogP contribution in [0.1, 0.15) is 11.1 Å². The van der Waals surface area contributed by atoms with Crippen LogP contribution in [-0.2, 0) is 13.0 Å². The summed E-state index contributed by atoms with van der Waals surface area (Å²) >= 11 is 6.08. The number of aliphatic hydroxyl groups is 1. The number of ether oxygens (including phenoxy) is 2. The van der Waals surface area contributed by atoms with Gasteiger partial charge in [-0.25, -0.2) is 4.39 Å². The van der Waals surface area contributed by atoms with Gasteiger partial charge < -0.3 is 14.6 Å². The van der Waals surface area contributed by atoms with E-state index in [-0.39, 0.29) is 25.1 Å². The summed E-state index contributed by atoms with van der Waals surface area (Å²) in [6, 6.07) is 9.69. The first kappa shape index (κ1) is 14.2. The molecule has 0 radical (unpaired) electrons. The summed E-state index contributed by atoms with van der Waals surface area (Å²) in [5.74, 6) is 0.881. The van der Waals surface area contributed by atoms with Crippen LogP contribution in [0.25, 0.3) is 0 Å². The standard InChI is InChI=1S/C16H14ClFO3/c17-14-3-1-2-10(8-19)16(14)20-9-13-7-11-6-12(18)4-5-15(11)21-13/h1-6,13,19H,7-9H2. The second-order valence-corrected chi connectivity index (χ2v) is 5.30. The van der Waals surface area contributed by atoms with Gasteiger partial charge >= 0.3 is 0 Å². The summed E-state index contributed by atoms with van der Waals surface area (Å²) in [4.78, 5) is 0.